The van der Waals surface area contributed by atoms with Crippen LogP contribution in [0.15, 0.2) is 60.7 Å². The first-order chi connectivity index (χ1) is 16.1. The summed E-state index contributed by atoms with van der Waals surface area (Å²) in [6.07, 6.45) is 0. The standard InChI is InChI=1S/C24H16N4O5/c29-14-7-5-13(6-8-14)25-24(31)26-16-3-1-2-15-19(16)23(30)20-21(27-28-22(15)20)12-4-9-17-18(10-12)33-11-32-17/h1-10,29H,11H2,(H,27,28)(H2,25,26,31). The molecule has 0 radical (unpaired) electrons. The van der Waals surface area contributed by atoms with Crippen molar-refractivity contribution in [2.45, 2.75) is 0 Å². The molecular weight excluding hydrogens is 424 g/mol. The van der Waals surface area contributed by atoms with Crippen LogP contribution in [0.1, 0.15) is 15.9 Å². The number of anilines is 2. The number of carbonyl (C=O) groups is 2. The van der Waals surface area contributed by atoms with Gasteiger partial charge >= 0.3 is 6.03 Å². The largest absolute Gasteiger partial charge is 0.508 e. The highest BCUT2D eigenvalue weighted by atomic mass is 16.7. The lowest BCUT2D eigenvalue weighted by molar-refractivity contribution is 0.104. The number of hydrogen-bond acceptors (Lipinski definition) is 6. The monoisotopic (exact) mass is 440 g/mol. The van der Waals surface area contributed by atoms with Crippen LogP contribution in [-0.4, -0.2) is 33.9 Å². The van der Waals surface area contributed by atoms with E-state index in [2.05, 4.69) is 20.8 Å². The molecule has 9 nitrogen and oxygen atoms in total. The Labute approximate surface area is 187 Å². The van der Waals surface area contributed by atoms with Gasteiger partial charge in [-0.05, 0) is 48.5 Å². The number of urea groups is 1. The number of nitrogens with zero attached hydrogens (tertiary/aromatic N) is 1. The highest BCUT2D eigenvalue weighted by Crippen LogP contribution is 2.44. The quantitative estimate of drug-likeness (QED) is 0.309. The van der Waals surface area contributed by atoms with Crippen molar-refractivity contribution in [2.24, 2.45) is 0 Å². The molecule has 0 saturated heterocycles. The van der Waals surface area contributed by atoms with Gasteiger partial charge in [-0.25, -0.2) is 4.79 Å². The molecule has 33 heavy (non-hydrogen) atoms. The number of aromatic hydroxyl groups is 1. The molecule has 4 aromatic rings. The van der Waals surface area contributed by atoms with Crippen molar-refractivity contribution >= 4 is 23.2 Å². The number of hydrogen-bond donors (Lipinski definition) is 4. The number of phenols is 1. The van der Waals surface area contributed by atoms with Crippen molar-refractivity contribution < 1.29 is 24.2 Å². The number of fused-ring (bicyclic) bond motifs is 4. The minimum atomic E-state index is -0.508. The number of amides is 2. The summed E-state index contributed by atoms with van der Waals surface area (Å²) in [5.74, 6) is 1.11. The first-order valence-corrected chi connectivity index (χ1v) is 10.1. The zero-order valence-electron chi connectivity index (χ0n) is 17.0. The molecule has 0 spiro atoms. The first-order valence-electron chi connectivity index (χ1n) is 10.1. The van der Waals surface area contributed by atoms with Gasteiger partial charge in [0.25, 0.3) is 0 Å². The Balaban J connectivity index is 1.32. The minimum absolute atomic E-state index is 0.0976. The van der Waals surface area contributed by atoms with Crippen LogP contribution in [0, 0.1) is 0 Å². The molecule has 162 valence electrons. The van der Waals surface area contributed by atoms with Crippen LogP contribution < -0.4 is 20.1 Å². The number of aromatic amines is 1. The Morgan fingerprint density at radius 1 is 0.970 bits per heavy atom. The third-order valence-corrected chi connectivity index (χ3v) is 5.57. The molecule has 2 aliphatic rings. The number of aromatic nitrogens is 2. The van der Waals surface area contributed by atoms with Gasteiger partial charge in [0.15, 0.2) is 17.3 Å². The van der Waals surface area contributed by atoms with Crippen LogP contribution in [0.5, 0.6) is 17.2 Å². The second-order valence-electron chi connectivity index (χ2n) is 7.57. The van der Waals surface area contributed by atoms with Crippen LogP contribution in [0.25, 0.3) is 22.5 Å². The lowest BCUT2D eigenvalue weighted by Gasteiger charge is -2.11. The van der Waals surface area contributed by atoms with E-state index in [1.165, 1.54) is 12.1 Å². The van der Waals surface area contributed by atoms with E-state index in [1.54, 1.807) is 36.4 Å². The molecule has 1 aliphatic heterocycles. The van der Waals surface area contributed by atoms with E-state index in [0.29, 0.717) is 51.0 Å². The van der Waals surface area contributed by atoms with Gasteiger partial charge < -0.3 is 25.2 Å². The molecule has 6 rings (SSSR count). The van der Waals surface area contributed by atoms with Crippen LogP contribution >= 0.6 is 0 Å². The average Bonchev–Trinajstić information content (AvgIpc) is 3.52. The molecule has 2 heterocycles. The van der Waals surface area contributed by atoms with Crippen molar-refractivity contribution in [1.82, 2.24) is 10.2 Å². The van der Waals surface area contributed by atoms with Gasteiger partial charge in [-0.2, -0.15) is 5.10 Å². The predicted molar refractivity (Wildman–Crippen MR) is 120 cm³/mol. The second-order valence-corrected chi connectivity index (χ2v) is 7.57. The van der Waals surface area contributed by atoms with Gasteiger partial charge in [-0.15, -0.1) is 0 Å². The highest BCUT2D eigenvalue weighted by molar-refractivity contribution is 6.27. The molecule has 1 aliphatic carbocycles. The SMILES string of the molecule is O=C(Nc1ccc(O)cc1)Nc1cccc2c1C(=O)c1c(-c3ccc4c(c3)OCO4)n[nH]c1-2. The summed E-state index contributed by atoms with van der Waals surface area (Å²) >= 11 is 0. The van der Waals surface area contributed by atoms with Crippen LogP contribution in [-0.2, 0) is 0 Å². The van der Waals surface area contributed by atoms with Gasteiger partial charge in [0.1, 0.15) is 11.4 Å². The highest BCUT2D eigenvalue weighted by Gasteiger charge is 2.35. The summed E-state index contributed by atoms with van der Waals surface area (Å²) in [4.78, 5) is 26.0. The Morgan fingerprint density at radius 2 is 1.79 bits per heavy atom. The number of rotatable bonds is 3. The number of ketones is 1. The maximum Gasteiger partial charge on any atom is 0.323 e. The van der Waals surface area contributed by atoms with E-state index < -0.39 is 6.03 Å². The smallest absolute Gasteiger partial charge is 0.323 e. The zero-order chi connectivity index (χ0) is 22.5. The van der Waals surface area contributed by atoms with Crippen LogP contribution in [0.2, 0.25) is 0 Å². The summed E-state index contributed by atoms with van der Waals surface area (Å²) in [5, 5.41) is 22.2. The molecule has 3 aromatic carbocycles. The number of nitrogens with one attached hydrogen (secondary N) is 3. The van der Waals surface area contributed by atoms with Gasteiger partial charge in [-0.3, -0.25) is 9.89 Å². The normalized spacial score (nSPS) is 12.9. The Morgan fingerprint density at radius 3 is 2.64 bits per heavy atom. The molecular formula is C24H16N4O5. The van der Waals surface area contributed by atoms with Crippen LogP contribution in [0.4, 0.5) is 16.2 Å². The number of benzene rings is 3. The Kier molecular flexibility index (Phi) is 4.09. The molecule has 4 N–H and O–H groups in total. The van der Waals surface area contributed by atoms with Gasteiger partial charge in [0, 0.05) is 16.8 Å². The van der Waals surface area contributed by atoms with Gasteiger partial charge in [0.2, 0.25) is 6.79 Å². The molecule has 0 fully saturated rings. The Hall–Kier alpha value is -4.79. The van der Waals surface area contributed by atoms with E-state index in [9.17, 15) is 14.7 Å². The predicted octanol–water partition coefficient (Wildman–Crippen LogP) is 4.37. The first kappa shape index (κ1) is 18.9. The van der Waals surface area contributed by atoms with Crippen molar-refractivity contribution in [2.75, 3.05) is 17.4 Å². The maximum absolute atomic E-state index is 13.5. The fourth-order valence-electron chi connectivity index (χ4n) is 4.07. The van der Waals surface area contributed by atoms with E-state index >= 15 is 0 Å². The lowest BCUT2D eigenvalue weighted by Crippen LogP contribution is -2.20. The zero-order valence-corrected chi connectivity index (χ0v) is 17.0. The summed E-state index contributed by atoms with van der Waals surface area (Å²) in [6, 6.07) is 16.2. The summed E-state index contributed by atoms with van der Waals surface area (Å²) in [7, 11) is 0. The second kappa shape index (κ2) is 7.13. The molecule has 0 bridgehead atoms. The van der Waals surface area contributed by atoms with Crippen molar-refractivity contribution in [3.05, 3.63) is 71.8 Å². The molecule has 0 unspecified atom stereocenters. The fourth-order valence-corrected chi connectivity index (χ4v) is 4.07. The average molecular weight is 440 g/mol. The van der Waals surface area contributed by atoms with Crippen LogP contribution in [0.3, 0.4) is 0 Å². The van der Waals surface area contributed by atoms with E-state index in [4.69, 9.17) is 9.47 Å². The van der Waals surface area contributed by atoms with Crippen molar-refractivity contribution in [1.29, 1.82) is 0 Å². The molecule has 9 heteroatoms. The van der Waals surface area contributed by atoms with Crippen molar-refractivity contribution in [3.63, 3.8) is 0 Å². The maximum atomic E-state index is 13.5. The molecule has 1 aromatic heterocycles. The third kappa shape index (κ3) is 3.06. The van der Waals surface area contributed by atoms with Crippen molar-refractivity contribution in [3.8, 4) is 39.8 Å². The number of ether oxygens (including phenoxy) is 2. The van der Waals surface area contributed by atoms with E-state index in [1.807, 2.05) is 12.1 Å². The number of H-pyrrole nitrogens is 1. The van der Waals surface area contributed by atoms with Gasteiger partial charge in [-0.1, -0.05) is 12.1 Å². The number of phenolic OH excluding ortho intramolecular Hbond substituents is 1. The Bertz CT molecular complexity index is 1440. The van der Waals surface area contributed by atoms with E-state index in [-0.39, 0.29) is 18.3 Å². The summed E-state index contributed by atoms with van der Waals surface area (Å²) in [6.45, 7) is 0.156. The molecule has 0 saturated carbocycles. The van der Waals surface area contributed by atoms with E-state index in [0.717, 1.165) is 5.56 Å². The minimum Gasteiger partial charge on any atom is -0.508 e. The topological polar surface area (TPSA) is 126 Å². The fraction of sp³-hybridized carbons (Fsp3) is 0.0417. The molecule has 0 atom stereocenters. The van der Waals surface area contributed by atoms with Gasteiger partial charge in [0.05, 0.1) is 22.5 Å². The number of carbonyl (C=O) groups excluding carboxylic acids is 2. The third-order valence-electron chi connectivity index (χ3n) is 5.57. The molecule has 2 amide bonds. The lowest BCUT2D eigenvalue weighted by atomic mass is 10.0. The summed E-state index contributed by atoms with van der Waals surface area (Å²) in [5.41, 5.74) is 4.21. The summed E-state index contributed by atoms with van der Waals surface area (Å²) < 4.78 is 10.8.